The molecule has 0 N–H and O–H groups in total. The zero-order valence-electron chi connectivity index (χ0n) is 14.5. The van der Waals surface area contributed by atoms with E-state index < -0.39 is 10.2 Å². The summed E-state index contributed by atoms with van der Waals surface area (Å²) < 4.78 is 34.6. The zero-order valence-corrected chi connectivity index (χ0v) is 15.3. The van der Waals surface area contributed by atoms with Gasteiger partial charge in [0.2, 0.25) is 0 Å². The summed E-state index contributed by atoms with van der Waals surface area (Å²) in [6, 6.07) is 9.71. The highest BCUT2D eigenvalue weighted by atomic mass is 32.2. The molecule has 0 unspecified atom stereocenters. The molecule has 24 heavy (non-hydrogen) atoms. The first kappa shape index (κ1) is 17.8. The summed E-state index contributed by atoms with van der Waals surface area (Å²) in [4.78, 5) is 2.32. The minimum atomic E-state index is -3.46. The van der Waals surface area contributed by atoms with Crippen LogP contribution < -0.4 is 0 Å². The first-order valence-corrected chi connectivity index (χ1v) is 9.88. The van der Waals surface area contributed by atoms with E-state index in [1.165, 1.54) is 4.31 Å². The summed E-state index contributed by atoms with van der Waals surface area (Å²) in [5.74, 6) is 0. The average Bonchev–Trinajstić information content (AvgIpc) is 2.59. The lowest BCUT2D eigenvalue weighted by molar-refractivity contribution is -0.0453. The van der Waals surface area contributed by atoms with Gasteiger partial charge in [-0.15, -0.1) is 0 Å². The van der Waals surface area contributed by atoms with E-state index in [1.807, 2.05) is 30.3 Å². The monoisotopic (exact) mass is 353 g/mol. The normalized spacial score (nSPS) is 23.0. The van der Waals surface area contributed by atoms with Crippen molar-refractivity contribution in [2.45, 2.75) is 24.9 Å². The third-order valence-electron chi connectivity index (χ3n) is 5.36. The van der Waals surface area contributed by atoms with E-state index in [0.717, 1.165) is 24.9 Å². The van der Waals surface area contributed by atoms with E-state index in [4.69, 9.17) is 4.74 Å². The fourth-order valence-corrected chi connectivity index (χ4v) is 5.06. The van der Waals surface area contributed by atoms with Gasteiger partial charge in [0, 0.05) is 52.0 Å². The van der Waals surface area contributed by atoms with Gasteiger partial charge in [0.05, 0.1) is 0 Å². The molecule has 0 aromatic heterocycles. The van der Waals surface area contributed by atoms with Crippen LogP contribution >= 0.6 is 0 Å². The van der Waals surface area contributed by atoms with Gasteiger partial charge in [-0.2, -0.15) is 17.0 Å². The van der Waals surface area contributed by atoms with E-state index in [1.54, 1.807) is 11.4 Å². The summed E-state index contributed by atoms with van der Waals surface area (Å²) >= 11 is 0. The van der Waals surface area contributed by atoms with Crippen LogP contribution in [0.4, 0.5) is 0 Å². The smallest absolute Gasteiger partial charge is 0.282 e. The fourth-order valence-electron chi connectivity index (χ4n) is 3.63. The molecule has 1 aromatic rings. The minimum absolute atomic E-state index is 0.0862. The molecule has 0 amide bonds. The van der Waals surface area contributed by atoms with Crippen LogP contribution in [0.3, 0.4) is 0 Å². The molecule has 1 spiro atoms. The molecule has 1 aromatic carbocycles. The van der Waals surface area contributed by atoms with Crippen molar-refractivity contribution in [1.82, 2.24) is 13.5 Å². The van der Waals surface area contributed by atoms with Crippen LogP contribution in [0.2, 0.25) is 0 Å². The Hall–Kier alpha value is -0.990. The van der Waals surface area contributed by atoms with Gasteiger partial charge in [-0.25, -0.2) is 0 Å². The van der Waals surface area contributed by atoms with Gasteiger partial charge in [-0.05, 0) is 25.5 Å². The molecule has 2 aliphatic heterocycles. The highest BCUT2D eigenvalue weighted by Crippen LogP contribution is 2.32. The maximum Gasteiger partial charge on any atom is 0.282 e. The predicted octanol–water partition coefficient (Wildman–Crippen LogP) is 1.16. The molecule has 0 radical (unpaired) electrons. The number of hydrogen-bond donors (Lipinski definition) is 0. The summed E-state index contributed by atoms with van der Waals surface area (Å²) in [5.41, 5.74) is 0.912. The van der Waals surface area contributed by atoms with E-state index >= 15 is 0 Å². The van der Waals surface area contributed by atoms with Crippen LogP contribution in [0, 0.1) is 0 Å². The molecule has 2 heterocycles. The molecule has 3 rings (SSSR count). The van der Waals surface area contributed by atoms with Crippen molar-refractivity contribution >= 4 is 10.2 Å². The Morgan fingerprint density at radius 3 is 2.50 bits per heavy atom. The predicted molar refractivity (Wildman–Crippen MR) is 93.8 cm³/mol. The van der Waals surface area contributed by atoms with Gasteiger partial charge in [0.1, 0.15) is 0 Å². The molecular weight excluding hydrogens is 326 g/mol. The molecule has 2 aliphatic rings. The Kier molecular flexibility index (Phi) is 5.27. The van der Waals surface area contributed by atoms with Gasteiger partial charge >= 0.3 is 0 Å². The molecular formula is C17H27N3O3S. The van der Waals surface area contributed by atoms with Crippen LogP contribution in [0.25, 0.3) is 0 Å². The second kappa shape index (κ2) is 7.09. The number of rotatable bonds is 4. The summed E-state index contributed by atoms with van der Waals surface area (Å²) in [7, 11) is 0.304. The molecule has 2 saturated heterocycles. The van der Waals surface area contributed by atoms with Crippen molar-refractivity contribution < 1.29 is 13.2 Å². The lowest BCUT2D eigenvalue weighted by Gasteiger charge is -2.51. The van der Waals surface area contributed by atoms with Gasteiger partial charge < -0.3 is 4.74 Å². The topological polar surface area (TPSA) is 53.1 Å². The van der Waals surface area contributed by atoms with Crippen LogP contribution in [0.5, 0.6) is 0 Å². The summed E-state index contributed by atoms with van der Waals surface area (Å²) in [5, 5.41) is 0. The Labute approximate surface area is 145 Å². The number of benzene rings is 1. The largest absolute Gasteiger partial charge is 0.381 e. The molecule has 7 heteroatoms. The highest BCUT2D eigenvalue weighted by Gasteiger charge is 2.44. The lowest BCUT2D eigenvalue weighted by Crippen LogP contribution is -2.64. The van der Waals surface area contributed by atoms with E-state index in [0.29, 0.717) is 32.8 Å². The number of hydrogen-bond acceptors (Lipinski definition) is 4. The molecule has 6 nitrogen and oxygen atoms in total. The Morgan fingerprint density at radius 2 is 1.83 bits per heavy atom. The second-order valence-electron chi connectivity index (χ2n) is 6.84. The number of nitrogens with zero attached hydrogens (tertiary/aromatic N) is 3. The SMILES string of the molecule is CN1CCN(S(=O)(=O)N(C)Cc2ccccc2)CC12CCOCC2. The Morgan fingerprint density at radius 1 is 1.17 bits per heavy atom. The molecule has 134 valence electrons. The molecule has 0 bridgehead atoms. The van der Waals surface area contributed by atoms with Crippen molar-refractivity contribution in [3.8, 4) is 0 Å². The number of likely N-dealkylation sites (N-methyl/N-ethyl adjacent to an activating group) is 1. The van der Waals surface area contributed by atoms with Gasteiger partial charge in [0.15, 0.2) is 0 Å². The van der Waals surface area contributed by atoms with Crippen molar-refractivity contribution in [2.24, 2.45) is 0 Å². The molecule has 0 atom stereocenters. The molecule has 0 aliphatic carbocycles. The third kappa shape index (κ3) is 3.50. The van der Waals surface area contributed by atoms with Crippen molar-refractivity contribution in [3.05, 3.63) is 35.9 Å². The average molecular weight is 353 g/mol. The zero-order chi connectivity index (χ0) is 17.2. The van der Waals surface area contributed by atoms with Crippen LogP contribution in [0.1, 0.15) is 18.4 Å². The number of piperazine rings is 1. The van der Waals surface area contributed by atoms with E-state index in [-0.39, 0.29) is 5.54 Å². The fraction of sp³-hybridized carbons (Fsp3) is 0.647. The van der Waals surface area contributed by atoms with Gasteiger partial charge in [-0.1, -0.05) is 30.3 Å². The first-order valence-electron chi connectivity index (χ1n) is 8.48. The number of ether oxygens (including phenoxy) is 1. The Balaban J connectivity index is 1.74. The maximum atomic E-state index is 13.0. The van der Waals surface area contributed by atoms with E-state index in [2.05, 4.69) is 11.9 Å². The summed E-state index contributed by atoms with van der Waals surface area (Å²) in [6.07, 6.45) is 1.77. The van der Waals surface area contributed by atoms with Crippen LogP contribution in [-0.2, 0) is 21.5 Å². The van der Waals surface area contributed by atoms with E-state index in [9.17, 15) is 8.42 Å². The summed E-state index contributed by atoms with van der Waals surface area (Å²) in [6.45, 7) is 3.66. The molecule has 0 saturated carbocycles. The first-order chi connectivity index (χ1) is 11.4. The lowest BCUT2D eigenvalue weighted by atomic mass is 9.87. The highest BCUT2D eigenvalue weighted by molar-refractivity contribution is 7.86. The van der Waals surface area contributed by atoms with Crippen molar-refractivity contribution in [3.63, 3.8) is 0 Å². The quantitative estimate of drug-likeness (QED) is 0.815. The van der Waals surface area contributed by atoms with Gasteiger partial charge in [0.25, 0.3) is 10.2 Å². The van der Waals surface area contributed by atoms with Crippen molar-refractivity contribution in [2.75, 3.05) is 46.9 Å². The third-order valence-corrected chi connectivity index (χ3v) is 7.24. The van der Waals surface area contributed by atoms with Crippen LogP contribution in [-0.4, -0.2) is 74.4 Å². The van der Waals surface area contributed by atoms with Crippen molar-refractivity contribution in [1.29, 1.82) is 0 Å². The van der Waals surface area contributed by atoms with Gasteiger partial charge in [-0.3, -0.25) is 4.90 Å². The maximum absolute atomic E-state index is 13.0. The standard InChI is InChI=1S/C17H27N3O3S/c1-18-10-11-20(15-17(18)8-12-23-13-9-17)24(21,22)19(2)14-16-6-4-3-5-7-16/h3-7H,8-15H2,1-2H3. The minimum Gasteiger partial charge on any atom is -0.381 e. The molecule has 2 fully saturated rings. The van der Waals surface area contributed by atoms with Crippen LogP contribution in [0.15, 0.2) is 30.3 Å². The Bertz CT molecular complexity index is 644. The second-order valence-corrected chi connectivity index (χ2v) is 8.88.